The van der Waals surface area contributed by atoms with E-state index in [9.17, 15) is 0 Å². The summed E-state index contributed by atoms with van der Waals surface area (Å²) in [6, 6.07) is 21.1. The Morgan fingerprint density at radius 3 is 2.10 bits per heavy atom. The molecule has 0 fully saturated rings. The van der Waals surface area contributed by atoms with E-state index >= 15 is 0 Å². The Bertz CT molecular complexity index is 626. The lowest BCUT2D eigenvalue weighted by molar-refractivity contribution is 1.00. The molecule has 0 heterocycles. The van der Waals surface area contributed by atoms with Gasteiger partial charge in [0.2, 0.25) is 0 Å². The minimum absolute atomic E-state index is 0.901. The second-order valence-electron chi connectivity index (χ2n) is 5.29. The highest BCUT2D eigenvalue weighted by Gasteiger charge is 1.99. The van der Waals surface area contributed by atoms with Crippen LogP contribution < -0.4 is 0 Å². The molecule has 0 aliphatic rings. The fraction of sp³-hybridized carbons (Fsp3) is 0.190. The Kier molecular flexibility index (Phi) is 5.82. The number of allylic oxidation sites excluding steroid dienone is 2. The first-order chi connectivity index (χ1) is 10.3. The number of hydrogen-bond acceptors (Lipinski definition) is 0. The second kappa shape index (κ2) is 8.09. The molecule has 0 bridgehead atoms. The van der Waals surface area contributed by atoms with Gasteiger partial charge >= 0.3 is 0 Å². The Morgan fingerprint density at radius 2 is 1.52 bits per heavy atom. The Hall–Kier alpha value is -2.30. The second-order valence-corrected chi connectivity index (χ2v) is 5.29. The normalized spacial score (nSPS) is 9.76. The van der Waals surface area contributed by atoms with Crippen LogP contribution in [0.25, 0.3) is 0 Å². The van der Waals surface area contributed by atoms with Gasteiger partial charge in [0, 0.05) is 12.0 Å². The fourth-order valence-electron chi connectivity index (χ4n) is 2.20. The monoisotopic (exact) mass is 274 g/mol. The molecular weight excluding hydrogens is 252 g/mol. The van der Waals surface area contributed by atoms with Crippen molar-refractivity contribution in [3.8, 4) is 0 Å². The average molecular weight is 274 g/mol. The maximum Gasteiger partial charge on any atom is 0.00502 e. The van der Waals surface area contributed by atoms with E-state index in [1.807, 2.05) is 6.07 Å². The van der Waals surface area contributed by atoms with Gasteiger partial charge in [-0.3, -0.25) is 0 Å². The molecule has 0 nitrogen and oxygen atoms in total. The fourth-order valence-corrected chi connectivity index (χ4v) is 2.20. The van der Waals surface area contributed by atoms with E-state index in [0.717, 1.165) is 24.8 Å². The SMILES string of the molecule is C=C(C)C(=C=CCCc1ccccc1)Cc1ccccc1. The van der Waals surface area contributed by atoms with Crippen LogP contribution in [0.15, 0.2) is 90.2 Å². The van der Waals surface area contributed by atoms with E-state index in [2.05, 4.69) is 79.9 Å². The molecule has 0 spiro atoms. The van der Waals surface area contributed by atoms with Gasteiger partial charge in [0.15, 0.2) is 0 Å². The quantitative estimate of drug-likeness (QED) is 0.480. The molecule has 0 N–H and O–H groups in total. The van der Waals surface area contributed by atoms with Crippen molar-refractivity contribution in [3.05, 3.63) is 101 Å². The first-order valence-corrected chi connectivity index (χ1v) is 7.43. The maximum atomic E-state index is 4.07. The molecule has 0 aliphatic carbocycles. The molecule has 21 heavy (non-hydrogen) atoms. The minimum Gasteiger partial charge on any atom is -0.121 e. The van der Waals surface area contributed by atoms with Gasteiger partial charge in [0.25, 0.3) is 0 Å². The van der Waals surface area contributed by atoms with Crippen LogP contribution in [0.4, 0.5) is 0 Å². The van der Waals surface area contributed by atoms with Gasteiger partial charge in [-0.1, -0.05) is 67.2 Å². The highest BCUT2D eigenvalue weighted by Crippen LogP contribution is 2.13. The van der Waals surface area contributed by atoms with E-state index in [1.165, 1.54) is 16.7 Å². The zero-order valence-electron chi connectivity index (χ0n) is 12.7. The summed E-state index contributed by atoms with van der Waals surface area (Å²) >= 11 is 0. The number of aryl methyl sites for hydroxylation is 1. The summed E-state index contributed by atoms with van der Waals surface area (Å²) < 4.78 is 0. The molecule has 0 aromatic heterocycles. The van der Waals surface area contributed by atoms with Crippen LogP contribution in [0.3, 0.4) is 0 Å². The molecule has 2 aromatic carbocycles. The van der Waals surface area contributed by atoms with Crippen molar-refractivity contribution in [2.24, 2.45) is 0 Å². The van der Waals surface area contributed by atoms with Crippen molar-refractivity contribution in [1.82, 2.24) is 0 Å². The molecule has 0 saturated carbocycles. The summed E-state index contributed by atoms with van der Waals surface area (Å²) in [5.74, 6) is 0. The third kappa shape index (κ3) is 5.30. The smallest absolute Gasteiger partial charge is 0.00502 e. The van der Waals surface area contributed by atoms with E-state index in [4.69, 9.17) is 0 Å². The number of benzene rings is 2. The van der Waals surface area contributed by atoms with Gasteiger partial charge in [0.05, 0.1) is 0 Å². The van der Waals surface area contributed by atoms with Gasteiger partial charge in [0.1, 0.15) is 0 Å². The Morgan fingerprint density at radius 1 is 0.952 bits per heavy atom. The zero-order valence-corrected chi connectivity index (χ0v) is 12.7. The van der Waals surface area contributed by atoms with Crippen LogP contribution in [0, 0.1) is 0 Å². The van der Waals surface area contributed by atoms with Crippen LogP contribution in [-0.4, -0.2) is 0 Å². The van der Waals surface area contributed by atoms with Gasteiger partial charge < -0.3 is 0 Å². The van der Waals surface area contributed by atoms with Crippen molar-refractivity contribution in [1.29, 1.82) is 0 Å². The van der Waals surface area contributed by atoms with Crippen LogP contribution in [-0.2, 0) is 12.8 Å². The average Bonchev–Trinajstić information content (AvgIpc) is 2.52. The largest absolute Gasteiger partial charge is 0.121 e. The summed E-state index contributed by atoms with van der Waals surface area (Å²) in [6.07, 6.45) is 5.11. The highest BCUT2D eigenvalue weighted by molar-refractivity contribution is 5.32. The summed E-state index contributed by atoms with van der Waals surface area (Å²) in [6.45, 7) is 6.12. The third-order valence-electron chi connectivity index (χ3n) is 3.44. The molecule has 0 aliphatic heterocycles. The maximum absolute atomic E-state index is 4.07. The first kappa shape index (κ1) is 15.1. The predicted molar refractivity (Wildman–Crippen MR) is 91.3 cm³/mol. The molecule has 2 aromatic rings. The van der Waals surface area contributed by atoms with Gasteiger partial charge in [-0.2, -0.15) is 0 Å². The standard InChI is InChI=1S/C21H22/c1-18(2)21(17-20-14-7-4-8-15-20)16-10-9-13-19-11-5-3-6-12-19/h3-8,10-12,14-15H,1,9,13,17H2,2H3. The van der Waals surface area contributed by atoms with Crippen LogP contribution >= 0.6 is 0 Å². The molecule has 2 rings (SSSR count). The van der Waals surface area contributed by atoms with Crippen LogP contribution in [0.2, 0.25) is 0 Å². The Balaban J connectivity index is 2.00. The van der Waals surface area contributed by atoms with Gasteiger partial charge in [-0.25, -0.2) is 0 Å². The summed E-state index contributed by atoms with van der Waals surface area (Å²) in [4.78, 5) is 0. The summed E-state index contributed by atoms with van der Waals surface area (Å²) in [5.41, 5.74) is 8.39. The number of hydrogen-bond donors (Lipinski definition) is 0. The van der Waals surface area contributed by atoms with Crippen molar-refractivity contribution in [3.63, 3.8) is 0 Å². The van der Waals surface area contributed by atoms with Gasteiger partial charge in [-0.05, 0) is 42.5 Å². The minimum atomic E-state index is 0.901. The van der Waals surface area contributed by atoms with Crippen LogP contribution in [0.1, 0.15) is 24.5 Å². The lowest BCUT2D eigenvalue weighted by Crippen LogP contribution is -1.90. The van der Waals surface area contributed by atoms with E-state index in [0.29, 0.717) is 0 Å². The molecule has 0 unspecified atom stereocenters. The zero-order chi connectivity index (χ0) is 14.9. The molecule has 0 amide bonds. The van der Waals surface area contributed by atoms with Crippen molar-refractivity contribution < 1.29 is 0 Å². The van der Waals surface area contributed by atoms with Crippen molar-refractivity contribution in [2.75, 3.05) is 0 Å². The van der Waals surface area contributed by atoms with Crippen molar-refractivity contribution in [2.45, 2.75) is 26.2 Å². The highest BCUT2D eigenvalue weighted by atomic mass is 14.0. The first-order valence-electron chi connectivity index (χ1n) is 7.43. The molecule has 0 heteroatoms. The van der Waals surface area contributed by atoms with E-state index in [-0.39, 0.29) is 0 Å². The molecule has 0 saturated heterocycles. The number of rotatable bonds is 6. The topological polar surface area (TPSA) is 0 Å². The van der Waals surface area contributed by atoms with E-state index in [1.54, 1.807) is 0 Å². The predicted octanol–water partition coefficient (Wildman–Crippen LogP) is 5.52. The van der Waals surface area contributed by atoms with Crippen molar-refractivity contribution >= 4 is 0 Å². The lowest BCUT2D eigenvalue weighted by atomic mass is 10.0. The summed E-state index contributed by atoms with van der Waals surface area (Å²) in [5, 5.41) is 0. The van der Waals surface area contributed by atoms with E-state index < -0.39 is 0 Å². The molecule has 0 radical (unpaired) electrons. The Labute approximate surface area is 128 Å². The van der Waals surface area contributed by atoms with Gasteiger partial charge in [-0.15, -0.1) is 5.73 Å². The molecular formula is C21H22. The molecule has 0 atom stereocenters. The third-order valence-corrected chi connectivity index (χ3v) is 3.44. The summed E-state index contributed by atoms with van der Waals surface area (Å²) in [7, 11) is 0. The molecule has 106 valence electrons. The van der Waals surface area contributed by atoms with Crippen LogP contribution in [0.5, 0.6) is 0 Å². The lowest BCUT2D eigenvalue weighted by Gasteiger charge is -2.04.